The molecule has 0 aliphatic heterocycles. The second-order valence-electron chi connectivity index (χ2n) is 5.41. The maximum absolute atomic E-state index is 10.2. The number of aliphatic hydroxyl groups excluding tert-OH is 1. The van der Waals surface area contributed by atoms with E-state index in [1.165, 1.54) is 5.56 Å². The molecular formula is C19H21NO2. The molecule has 0 fully saturated rings. The van der Waals surface area contributed by atoms with Gasteiger partial charge in [0.25, 0.3) is 0 Å². The number of furan rings is 1. The van der Waals surface area contributed by atoms with Crippen molar-refractivity contribution in [3.63, 3.8) is 0 Å². The molecule has 2 N–H and O–H groups in total. The Bertz CT molecular complexity index is 734. The molecule has 0 radical (unpaired) electrons. The zero-order chi connectivity index (χ0) is 15.4. The minimum atomic E-state index is -0.496. The van der Waals surface area contributed by atoms with Gasteiger partial charge in [-0.3, -0.25) is 0 Å². The number of aliphatic hydroxyl groups is 1. The van der Waals surface area contributed by atoms with E-state index < -0.39 is 6.10 Å². The molecule has 22 heavy (non-hydrogen) atoms. The molecule has 3 rings (SSSR count). The van der Waals surface area contributed by atoms with Crippen LogP contribution in [0.1, 0.15) is 29.9 Å². The highest BCUT2D eigenvalue weighted by Gasteiger charge is 2.13. The molecular weight excluding hydrogens is 274 g/mol. The van der Waals surface area contributed by atoms with Crippen molar-refractivity contribution in [2.75, 3.05) is 6.54 Å². The Kier molecular flexibility index (Phi) is 4.56. The molecule has 1 heterocycles. The molecule has 0 aliphatic rings. The Morgan fingerprint density at radius 2 is 1.77 bits per heavy atom. The van der Waals surface area contributed by atoms with Gasteiger partial charge in [0.05, 0.1) is 6.10 Å². The van der Waals surface area contributed by atoms with Gasteiger partial charge in [0, 0.05) is 30.5 Å². The lowest BCUT2D eigenvalue weighted by atomic mass is 10.1. The molecule has 0 aliphatic carbocycles. The van der Waals surface area contributed by atoms with Gasteiger partial charge in [0.15, 0.2) is 0 Å². The Labute approximate surface area is 130 Å². The fourth-order valence-corrected chi connectivity index (χ4v) is 2.76. The molecule has 0 saturated heterocycles. The van der Waals surface area contributed by atoms with Crippen LogP contribution in [0, 0.1) is 0 Å². The summed E-state index contributed by atoms with van der Waals surface area (Å²) in [6.07, 6.45) is 0.372. The minimum absolute atomic E-state index is 0.496. The number of rotatable bonds is 6. The Morgan fingerprint density at radius 1 is 1.05 bits per heavy atom. The number of hydrogen-bond donors (Lipinski definition) is 2. The van der Waals surface area contributed by atoms with E-state index in [1.54, 1.807) is 0 Å². The number of para-hydroxylation sites is 1. The number of nitrogens with one attached hydrogen (secondary N) is 1. The summed E-state index contributed by atoms with van der Waals surface area (Å²) in [5.41, 5.74) is 3.06. The average Bonchev–Trinajstić information content (AvgIpc) is 2.93. The first-order valence-corrected chi connectivity index (χ1v) is 7.72. The van der Waals surface area contributed by atoms with Crippen LogP contribution in [-0.2, 0) is 13.0 Å². The van der Waals surface area contributed by atoms with Crippen LogP contribution in [0.15, 0.2) is 59.0 Å². The molecule has 0 spiro atoms. The zero-order valence-electron chi connectivity index (χ0n) is 12.8. The first-order chi connectivity index (χ1) is 10.8. The van der Waals surface area contributed by atoms with Gasteiger partial charge in [-0.1, -0.05) is 55.5 Å². The summed E-state index contributed by atoms with van der Waals surface area (Å²) in [4.78, 5) is 0. The molecule has 1 atom stereocenters. The van der Waals surface area contributed by atoms with E-state index >= 15 is 0 Å². The molecule has 1 aromatic heterocycles. The molecule has 0 bridgehead atoms. The van der Waals surface area contributed by atoms with Crippen molar-refractivity contribution >= 4 is 11.0 Å². The lowest BCUT2D eigenvalue weighted by Gasteiger charge is -2.12. The second-order valence-corrected chi connectivity index (χ2v) is 5.41. The lowest BCUT2D eigenvalue weighted by Crippen LogP contribution is -2.21. The van der Waals surface area contributed by atoms with Crippen LogP contribution in [0.4, 0.5) is 0 Å². The highest BCUT2D eigenvalue weighted by Crippen LogP contribution is 2.26. The van der Waals surface area contributed by atoms with Crippen LogP contribution in [0.25, 0.3) is 11.0 Å². The predicted octanol–water partition coefficient (Wildman–Crippen LogP) is 3.82. The second kappa shape index (κ2) is 6.77. The Hall–Kier alpha value is -2.10. The Morgan fingerprint density at radius 3 is 2.55 bits per heavy atom. The van der Waals surface area contributed by atoms with Crippen LogP contribution in [0.5, 0.6) is 0 Å². The SMILES string of the molecule is CCc1oc2ccccc2c1CNCC(O)c1ccccc1. The third-order valence-electron chi connectivity index (χ3n) is 3.93. The number of benzene rings is 2. The smallest absolute Gasteiger partial charge is 0.134 e. The molecule has 2 aromatic carbocycles. The van der Waals surface area contributed by atoms with Gasteiger partial charge in [0.1, 0.15) is 11.3 Å². The average molecular weight is 295 g/mol. The van der Waals surface area contributed by atoms with E-state index in [-0.39, 0.29) is 0 Å². The summed E-state index contributed by atoms with van der Waals surface area (Å²) in [5, 5.41) is 14.7. The number of aryl methyl sites for hydroxylation is 1. The minimum Gasteiger partial charge on any atom is -0.461 e. The lowest BCUT2D eigenvalue weighted by molar-refractivity contribution is 0.174. The van der Waals surface area contributed by atoms with E-state index in [9.17, 15) is 5.11 Å². The first-order valence-electron chi connectivity index (χ1n) is 7.72. The molecule has 3 nitrogen and oxygen atoms in total. The molecule has 0 amide bonds. The van der Waals surface area contributed by atoms with Gasteiger partial charge in [-0.25, -0.2) is 0 Å². The van der Waals surface area contributed by atoms with Crippen molar-refractivity contribution in [2.45, 2.75) is 26.0 Å². The number of fused-ring (bicyclic) bond motifs is 1. The molecule has 3 aromatic rings. The summed E-state index contributed by atoms with van der Waals surface area (Å²) in [5.74, 6) is 1.02. The van der Waals surface area contributed by atoms with Crippen molar-refractivity contribution in [1.82, 2.24) is 5.32 Å². The third-order valence-corrected chi connectivity index (χ3v) is 3.93. The van der Waals surface area contributed by atoms with E-state index in [0.29, 0.717) is 13.1 Å². The summed E-state index contributed by atoms with van der Waals surface area (Å²) in [6, 6.07) is 17.8. The van der Waals surface area contributed by atoms with Crippen LogP contribution in [0.2, 0.25) is 0 Å². The fourth-order valence-electron chi connectivity index (χ4n) is 2.76. The van der Waals surface area contributed by atoms with E-state index in [4.69, 9.17) is 4.42 Å². The van der Waals surface area contributed by atoms with E-state index in [2.05, 4.69) is 18.3 Å². The fraction of sp³-hybridized carbons (Fsp3) is 0.263. The molecule has 1 unspecified atom stereocenters. The zero-order valence-corrected chi connectivity index (χ0v) is 12.8. The normalized spacial score (nSPS) is 12.6. The van der Waals surface area contributed by atoms with Gasteiger partial charge in [-0.05, 0) is 11.6 Å². The summed E-state index contributed by atoms with van der Waals surface area (Å²) in [7, 11) is 0. The largest absolute Gasteiger partial charge is 0.461 e. The Balaban J connectivity index is 1.69. The number of hydrogen-bond acceptors (Lipinski definition) is 3. The predicted molar refractivity (Wildman–Crippen MR) is 88.7 cm³/mol. The summed E-state index contributed by atoms with van der Waals surface area (Å²) in [6.45, 7) is 3.32. The van der Waals surface area contributed by atoms with Gasteiger partial charge in [0.2, 0.25) is 0 Å². The highest BCUT2D eigenvalue weighted by atomic mass is 16.3. The molecule has 0 saturated carbocycles. The standard InChI is InChI=1S/C19H21NO2/c1-2-18-16(15-10-6-7-11-19(15)22-18)12-20-13-17(21)14-8-4-3-5-9-14/h3-11,17,20-21H,2,12-13H2,1H3. The van der Waals surface area contributed by atoms with Crippen LogP contribution >= 0.6 is 0 Å². The third kappa shape index (κ3) is 3.06. The quantitative estimate of drug-likeness (QED) is 0.726. The molecule has 3 heteroatoms. The highest BCUT2D eigenvalue weighted by molar-refractivity contribution is 5.82. The van der Waals surface area contributed by atoms with Crippen molar-refractivity contribution in [3.8, 4) is 0 Å². The summed E-state index contributed by atoms with van der Waals surface area (Å²) < 4.78 is 5.89. The van der Waals surface area contributed by atoms with Gasteiger partial charge < -0.3 is 14.8 Å². The topological polar surface area (TPSA) is 45.4 Å². The van der Waals surface area contributed by atoms with Crippen LogP contribution in [0.3, 0.4) is 0 Å². The maximum atomic E-state index is 10.2. The van der Waals surface area contributed by atoms with Crippen molar-refractivity contribution in [1.29, 1.82) is 0 Å². The van der Waals surface area contributed by atoms with Crippen molar-refractivity contribution in [3.05, 3.63) is 71.5 Å². The maximum Gasteiger partial charge on any atom is 0.134 e. The van der Waals surface area contributed by atoms with Crippen LogP contribution in [-0.4, -0.2) is 11.7 Å². The molecule has 114 valence electrons. The van der Waals surface area contributed by atoms with Gasteiger partial charge >= 0.3 is 0 Å². The van der Waals surface area contributed by atoms with E-state index in [1.807, 2.05) is 48.5 Å². The monoisotopic (exact) mass is 295 g/mol. The van der Waals surface area contributed by atoms with Gasteiger partial charge in [-0.2, -0.15) is 0 Å². The van der Waals surface area contributed by atoms with Crippen LogP contribution < -0.4 is 5.32 Å². The van der Waals surface area contributed by atoms with Gasteiger partial charge in [-0.15, -0.1) is 0 Å². The van der Waals surface area contributed by atoms with E-state index in [0.717, 1.165) is 28.7 Å². The first kappa shape index (κ1) is 14.8. The van der Waals surface area contributed by atoms with Crippen molar-refractivity contribution in [2.24, 2.45) is 0 Å². The summed E-state index contributed by atoms with van der Waals surface area (Å²) >= 11 is 0. The van der Waals surface area contributed by atoms with Crippen molar-refractivity contribution < 1.29 is 9.52 Å².